The highest BCUT2D eigenvalue weighted by Gasteiger charge is 2.43. The second-order valence-electron chi connectivity index (χ2n) is 8.09. The molecule has 0 bridgehead atoms. The van der Waals surface area contributed by atoms with Gasteiger partial charge in [-0.3, -0.25) is 19.7 Å². The van der Waals surface area contributed by atoms with Crippen molar-refractivity contribution in [1.82, 2.24) is 19.8 Å². The number of carbonyl (C=O) groups excluding carboxylic acids is 1. The smallest absolute Gasteiger partial charge is 0.255 e. The lowest BCUT2D eigenvalue weighted by Gasteiger charge is -2.39. The molecule has 3 unspecified atom stereocenters. The van der Waals surface area contributed by atoms with Crippen molar-refractivity contribution < 1.29 is 4.79 Å². The Morgan fingerprint density at radius 3 is 2.74 bits per heavy atom. The lowest BCUT2D eigenvalue weighted by Crippen LogP contribution is -2.43. The first-order chi connectivity index (χ1) is 13.1. The Hall–Kier alpha value is -2.27. The van der Waals surface area contributed by atoms with Crippen LogP contribution in [0.25, 0.3) is 0 Å². The third kappa shape index (κ3) is 3.88. The summed E-state index contributed by atoms with van der Waals surface area (Å²) < 4.78 is 0. The lowest BCUT2D eigenvalue weighted by molar-refractivity contribution is 0.0770. The maximum Gasteiger partial charge on any atom is 0.255 e. The van der Waals surface area contributed by atoms with Crippen molar-refractivity contribution in [1.29, 1.82) is 0 Å². The van der Waals surface area contributed by atoms with Crippen LogP contribution in [-0.4, -0.2) is 51.9 Å². The normalized spacial score (nSPS) is 24.9. The molecule has 3 heterocycles. The molecule has 2 aromatic heterocycles. The molecular weight excluding hydrogens is 336 g/mol. The van der Waals surface area contributed by atoms with Crippen LogP contribution in [0.4, 0.5) is 0 Å². The Labute approximate surface area is 161 Å². The van der Waals surface area contributed by atoms with Gasteiger partial charge in [0.2, 0.25) is 0 Å². The number of aromatic nitrogens is 2. The summed E-state index contributed by atoms with van der Waals surface area (Å²) in [7, 11) is 2.22. The Bertz CT molecular complexity index is 777. The van der Waals surface area contributed by atoms with E-state index in [0.29, 0.717) is 23.4 Å². The summed E-state index contributed by atoms with van der Waals surface area (Å²) in [6.45, 7) is 4.63. The maximum atomic E-state index is 12.9. The van der Waals surface area contributed by atoms with Gasteiger partial charge in [0.15, 0.2) is 0 Å². The summed E-state index contributed by atoms with van der Waals surface area (Å²) in [6.07, 6.45) is 9.14. The fourth-order valence-electron chi connectivity index (χ4n) is 4.82. The van der Waals surface area contributed by atoms with Crippen molar-refractivity contribution >= 4 is 5.91 Å². The Kier molecular flexibility index (Phi) is 5.21. The second-order valence-corrected chi connectivity index (χ2v) is 8.09. The minimum Gasteiger partial charge on any atom is -0.338 e. The molecule has 0 spiro atoms. The van der Waals surface area contributed by atoms with Crippen molar-refractivity contribution in [2.24, 2.45) is 11.8 Å². The van der Waals surface area contributed by atoms with Crippen LogP contribution >= 0.6 is 0 Å². The van der Waals surface area contributed by atoms with Gasteiger partial charge in [-0.05, 0) is 68.5 Å². The number of rotatable bonds is 4. The van der Waals surface area contributed by atoms with E-state index >= 15 is 0 Å². The molecule has 2 aliphatic rings. The van der Waals surface area contributed by atoms with Crippen LogP contribution < -0.4 is 0 Å². The second kappa shape index (κ2) is 7.77. The molecule has 1 aliphatic heterocycles. The van der Waals surface area contributed by atoms with Crippen molar-refractivity contribution in [3.63, 3.8) is 0 Å². The fourth-order valence-corrected chi connectivity index (χ4v) is 4.82. The van der Waals surface area contributed by atoms with Crippen molar-refractivity contribution in [3.05, 3.63) is 59.7 Å². The van der Waals surface area contributed by atoms with Crippen molar-refractivity contribution in [2.75, 3.05) is 20.1 Å². The van der Waals surface area contributed by atoms with E-state index in [1.807, 2.05) is 31.5 Å². The summed E-state index contributed by atoms with van der Waals surface area (Å²) in [6, 6.07) is 8.53. The molecule has 2 fully saturated rings. The molecule has 0 N–H and O–H groups in total. The number of nitrogens with zero attached hydrogens (tertiary/aromatic N) is 4. The van der Waals surface area contributed by atoms with Gasteiger partial charge in [0.05, 0.1) is 5.56 Å². The molecule has 4 rings (SSSR count). The predicted molar refractivity (Wildman–Crippen MR) is 105 cm³/mol. The lowest BCUT2D eigenvalue weighted by atomic mass is 9.77. The average molecular weight is 364 g/mol. The van der Waals surface area contributed by atoms with Crippen molar-refractivity contribution in [2.45, 2.75) is 38.8 Å². The largest absolute Gasteiger partial charge is 0.338 e. The first-order valence-corrected chi connectivity index (χ1v) is 9.93. The van der Waals surface area contributed by atoms with Gasteiger partial charge < -0.3 is 4.90 Å². The topological polar surface area (TPSA) is 49.3 Å². The van der Waals surface area contributed by atoms with Gasteiger partial charge in [-0.15, -0.1) is 0 Å². The van der Waals surface area contributed by atoms with E-state index in [0.717, 1.165) is 25.3 Å². The molecule has 5 heteroatoms. The minimum atomic E-state index is 0.132. The molecule has 1 amide bonds. The van der Waals surface area contributed by atoms with E-state index < -0.39 is 0 Å². The van der Waals surface area contributed by atoms with Crippen LogP contribution in [0.3, 0.4) is 0 Å². The SMILES string of the molecule is Cc1ccc(C(=O)N2CC3CCCC(N(C)Cc4ccncc4)C3C2)cn1. The summed E-state index contributed by atoms with van der Waals surface area (Å²) in [5.74, 6) is 1.31. The molecule has 1 aliphatic carbocycles. The zero-order valence-corrected chi connectivity index (χ0v) is 16.2. The molecule has 1 saturated carbocycles. The van der Waals surface area contributed by atoms with E-state index in [9.17, 15) is 4.79 Å². The number of fused-ring (bicyclic) bond motifs is 1. The van der Waals surface area contributed by atoms with Crippen LogP contribution in [0.2, 0.25) is 0 Å². The van der Waals surface area contributed by atoms with E-state index in [4.69, 9.17) is 0 Å². The first kappa shape index (κ1) is 18.1. The molecule has 0 radical (unpaired) electrons. The summed E-state index contributed by atoms with van der Waals surface area (Å²) in [5.41, 5.74) is 2.95. The van der Waals surface area contributed by atoms with Crippen molar-refractivity contribution in [3.8, 4) is 0 Å². The predicted octanol–water partition coefficient (Wildman–Crippen LogP) is 3.16. The Balaban J connectivity index is 1.45. The van der Waals surface area contributed by atoms with Gasteiger partial charge in [-0.2, -0.15) is 0 Å². The van der Waals surface area contributed by atoms with E-state index in [1.54, 1.807) is 6.20 Å². The van der Waals surface area contributed by atoms with Gasteiger partial charge >= 0.3 is 0 Å². The Morgan fingerprint density at radius 2 is 2.00 bits per heavy atom. The number of aryl methyl sites for hydroxylation is 1. The van der Waals surface area contributed by atoms with Gasteiger partial charge in [-0.1, -0.05) is 6.42 Å². The number of amides is 1. The molecule has 2 aromatic rings. The monoisotopic (exact) mass is 364 g/mol. The quantitative estimate of drug-likeness (QED) is 0.836. The number of pyridine rings is 2. The first-order valence-electron chi connectivity index (χ1n) is 9.93. The van der Waals surface area contributed by atoms with Crippen LogP contribution in [0.5, 0.6) is 0 Å². The fraction of sp³-hybridized carbons (Fsp3) is 0.500. The third-order valence-corrected chi connectivity index (χ3v) is 6.25. The number of likely N-dealkylation sites (tertiary alicyclic amines) is 1. The summed E-state index contributed by atoms with van der Waals surface area (Å²) in [4.78, 5) is 25.9. The average Bonchev–Trinajstić information content (AvgIpc) is 3.13. The van der Waals surface area contributed by atoms with Crippen LogP contribution in [0, 0.1) is 18.8 Å². The molecule has 0 aromatic carbocycles. The van der Waals surface area contributed by atoms with Crippen LogP contribution in [0.1, 0.15) is 40.9 Å². The zero-order valence-electron chi connectivity index (χ0n) is 16.2. The van der Waals surface area contributed by atoms with Gasteiger partial charge in [0.25, 0.3) is 5.91 Å². The number of carbonyl (C=O) groups is 1. The summed E-state index contributed by atoms with van der Waals surface area (Å²) in [5, 5.41) is 0. The molecule has 5 nitrogen and oxygen atoms in total. The maximum absolute atomic E-state index is 12.9. The standard InChI is InChI=1S/C22H28N4O/c1-16-6-7-18(12-24-16)22(27)26-14-19-4-3-5-21(20(19)15-26)25(2)13-17-8-10-23-11-9-17/h6-12,19-21H,3-5,13-15H2,1-2H3. The molecule has 1 saturated heterocycles. The molecule has 142 valence electrons. The minimum absolute atomic E-state index is 0.132. The van der Waals surface area contributed by atoms with E-state index in [1.165, 1.54) is 24.8 Å². The highest BCUT2D eigenvalue weighted by Crippen LogP contribution is 2.39. The van der Waals surface area contributed by atoms with E-state index in [-0.39, 0.29) is 5.91 Å². The third-order valence-electron chi connectivity index (χ3n) is 6.25. The molecular formula is C22H28N4O. The van der Waals surface area contributed by atoms with E-state index in [2.05, 4.69) is 38.9 Å². The zero-order chi connectivity index (χ0) is 18.8. The number of hydrogen-bond acceptors (Lipinski definition) is 4. The van der Waals surface area contributed by atoms with Gasteiger partial charge in [-0.25, -0.2) is 0 Å². The van der Waals surface area contributed by atoms with Crippen LogP contribution in [0.15, 0.2) is 42.9 Å². The highest BCUT2D eigenvalue weighted by atomic mass is 16.2. The van der Waals surface area contributed by atoms with Crippen LogP contribution in [-0.2, 0) is 6.54 Å². The summed E-state index contributed by atoms with van der Waals surface area (Å²) >= 11 is 0. The van der Waals surface area contributed by atoms with Gasteiger partial charge in [0, 0.05) is 50.0 Å². The van der Waals surface area contributed by atoms with Gasteiger partial charge in [0.1, 0.15) is 0 Å². The highest BCUT2D eigenvalue weighted by molar-refractivity contribution is 5.94. The molecule has 3 atom stereocenters. The molecule has 27 heavy (non-hydrogen) atoms. The number of hydrogen-bond donors (Lipinski definition) is 0. The Morgan fingerprint density at radius 1 is 1.19 bits per heavy atom.